The predicted molar refractivity (Wildman–Crippen MR) is 87.1 cm³/mol. The first kappa shape index (κ1) is 17.8. The van der Waals surface area contributed by atoms with Gasteiger partial charge < -0.3 is 4.55 Å². The highest BCUT2D eigenvalue weighted by atomic mass is 32.2. The Hall–Kier alpha value is 0.750. The van der Waals surface area contributed by atoms with E-state index in [4.69, 9.17) is 16.8 Å². The van der Waals surface area contributed by atoms with Gasteiger partial charge in [-0.25, -0.2) is 0 Å². The fourth-order valence-corrected chi connectivity index (χ4v) is 3.00. The van der Waals surface area contributed by atoms with Crippen LogP contribution in [0.25, 0.3) is 0 Å². The summed E-state index contributed by atoms with van der Waals surface area (Å²) in [7, 11) is 0. The minimum Gasteiger partial charge on any atom is -0.324 e. The summed E-state index contributed by atoms with van der Waals surface area (Å²) in [6.07, 6.45) is 13.7. The highest BCUT2D eigenvalue weighted by molar-refractivity contribution is 8.45. The third kappa shape index (κ3) is 14.7. The summed E-state index contributed by atoms with van der Waals surface area (Å²) >= 11 is 7.20. The van der Waals surface area contributed by atoms with Crippen LogP contribution in [0.2, 0.25) is 0 Å². The minimum atomic E-state index is 0.654. The lowest BCUT2D eigenvalue weighted by atomic mass is 10.1. The van der Waals surface area contributed by atoms with Gasteiger partial charge in [0.25, 0.3) is 0 Å². The van der Waals surface area contributed by atoms with Crippen molar-refractivity contribution in [3.63, 3.8) is 0 Å². The molecule has 0 saturated heterocycles. The van der Waals surface area contributed by atoms with E-state index >= 15 is 0 Å². The van der Waals surface area contributed by atoms with Crippen LogP contribution in [0.5, 0.6) is 0 Å². The van der Waals surface area contributed by atoms with E-state index in [9.17, 15) is 0 Å². The van der Waals surface area contributed by atoms with Crippen molar-refractivity contribution in [1.29, 1.82) is 0 Å². The molecule has 1 nitrogen and oxygen atoms in total. The molecule has 0 rings (SSSR count). The van der Waals surface area contributed by atoms with Crippen molar-refractivity contribution in [3.8, 4) is 0 Å². The molecule has 0 aromatic carbocycles. The van der Waals surface area contributed by atoms with E-state index in [-0.39, 0.29) is 0 Å². The summed E-state index contributed by atoms with van der Waals surface area (Å²) in [4.78, 5) is 0. The number of hydrogen-bond acceptors (Lipinski definition) is 4. The molecular formula is C13H26OS3. The van der Waals surface area contributed by atoms with E-state index in [2.05, 4.69) is 6.92 Å². The Morgan fingerprint density at radius 1 is 0.882 bits per heavy atom. The van der Waals surface area contributed by atoms with Gasteiger partial charge in [0.05, 0.1) is 0 Å². The van der Waals surface area contributed by atoms with Crippen LogP contribution in [0.4, 0.5) is 0 Å². The van der Waals surface area contributed by atoms with E-state index in [1.165, 1.54) is 64.2 Å². The van der Waals surface area contributed by atoms with Crippen molar-refractivity contribution < 1.29 is 4.55 Å². The van der Waals surface area contributed by atoms with Gasteiger partial charge in [0, 0.05) is 12.0 Å². The first-order valence-corrected chi connectivity index (χ1v) is 8.96. The van der Waals surface area contributed by atoms with Crippen molar-refractivity contribution in [2.45, 2.75) is 71.1 Å². The number of thiocarbonyl (C=S) groups is 1. The molecule has 17 heavy (non-hydrogen) atoms. The normalized spacial score (nSPS) is 10.7. The second-order valence-corrected chi connectivity index (χ2v) is 7.25. The number of thioether (sulfide) groups is 1. The lowest BCUT2D eigenvalue weighted by Gasteiger charge is -2.02. The molecule has 0 aromatic rings. The Balaban J connectivity index is 2.96. The quantitative estimate of drug-likeness (QED) is 0.281. The SMILES string of the molecule is CCCCCCCCCCCCSC(=S)SO. The summed E-state index contributed by atoms with van der Waals surface area (Å²) < 4.78 is 9.30. The van der Waals surface area contributed by atoms with Crippen molar-refractivity contribution >= 4 is 39.6 Å². The Labute approximate surface area is 121 Å². The summed E-state index contributed by atoms with van der Waals surface area (Å²) in [5, 5.41) is 0. The molecule has 0 aliphatic carbocycles. The molecule has 1 N–H and O–H groups in total. The molecule has 0 amide bonds. The molecule has 4 heteroatoms. The molecule has 0 aromatic heterocycles. The highest BCUT2D eigenvalue weighted by Gasteiger charge is 1.97. The number of rotatable bonds is 11. The van der Waals surface area contributed by atoms with Crippen molar-refractivity contribution in [2.24, 2.45) is 0 Å². The second kappa shape index (κ2) is 14.8. The van der Waals surface area contributed by atoms with Gasteiger partial charge in [-0.2, -0.15) is 0 Å². The number of unbranched alkanes of at least 4 members (excludes halogenated alkanes) is 9. The Bertz CT molecular complexity index is 174. The molecular weight excluding hydrogens is 268 g/mol. The maximum absolute atomic E-state index is 8.65. The lowest BCUT2D eigenvalue weighted by Crippen LogP contribution is -1.86. The topological polar surface area (TPSA) is 20.2 Å². The van der Waals surface area contributed by atoms with Crippen LogP contribution in [-0.4, -0.2) is 13.8 Å². The Morgan fingerprint density at radius 2 is 1.35 bits per heavy atom. The third-order valence-corrected chi connectivity index (χ3v) is 4.82. The maximum Gasteiger partial charge on any atom is 0.131 e. The average molecular weight is 295 g/mol. The standard InChI is InChI=1S/C13H26OS3/c1-2-3-4-5-6-7-8-9-10-11-12-16-13(15)17-14/h14H,2-12H2,1H3. The summed E-state index contributed by atoms with van der Waals surface area (Å²) in [5.74, 6) is 1.06. The van der Waals surface area contributed by atoms with Crippen molar-refractivity contribution in [2.75, 3.05) is 5.75 Å². The Morgan fingerprint density at radius 3 is 1.82 bits per heavy atom. The van der Waals surface area contributed by atoms with Gasteiger partial charge in [-0.15, -0.1) is 11.8 Å². The van der Waals surface area contributed by atoms with E-state index in [0.29, 0.717) is 15.6 Å². The van der Waals surface area contributed by atoms with Crippen LogP contribution >= 0.6 is 36.0 Å². The van der Waals surface area contributed by atoms with E-state index in [0.717, 1.165) is 5.75 Å². The largest absolute Gasteiger partial charge is 0.324 e. The molecule has 102 valence electrons. The van der Waals surface area contributed by atoms with Crippen LogP contribution in [0.3, 0.4) is 0 Å². The monoisotopic (exact) mass is 294 g/mol. The second-order valence-electron chi connectivity index (χ2n) is 4.37. The summed E-state index contributed by atoms with van der Waals surface area (Å²) in [6.45, 7) is 2.26. The van der Waals surface area contributed by atoms with Gasteiger partial charge in [0.1, 0.15) is 3.53 Å². The van der Waals surface area contributed by atoms with Crippen molar-refractivity contribution in [3.05, 3.63) is 0 Å². The fraction of sp³-hybridized carbons (Fsp3) is 0.923. The molecule has 0 bridgehead atoms. The summed E-state index contributed by atoms with van der Waals surface area (Å²) in [5.41, 5.74) is 0. The van der Waals surface area contributed by atoms with Gasteiger partial charge in [0.2, 0.25) is 0 Å². The van der Waals surface area contributed by atoms with Gasteiger partial charge in [-0.3, -0.25) is 0 Å². The van der Waals surface area contributed by atoms with E-state index in [1.807, 2.05) is 0 Å². The third-order valence-electron chi connectivity index (χ3n) is 2.79. The van der Waals surface area contributed by atoms with Crippen molar-refractivity contribution in [1.82, 2.24) is 0 Å². The predicted octanol–water partition coefficient (Wildman–Crippen LogP) is 6.13. The molecule has 0 fully saturated rings. The average Bonchev–Trinajstić information content (AvgIpc) is 2.35. The maximum atomic E-state index is 8.65. The molecule has 0 radical (unpaired) electrons. The van der Waals surface area contributed by atoms with E-state index in [1.54, 1.807) is 11.8 Å². The van der Waals surface area contributed by atoms with Crippen LogP contribution < -0.4 is 0 Å². The first-order chi connectivity index (χ1) is 8.31. The van der Waals surface area contributed by atoms with Gasteiger partial charge in [-0.1, -0.05) is 76.9 Å². The van der Waals surface area contributed by atoms with Crippen LogP contribution in [0, 0.1) is 0 Å². The smallest absolute Gasteiger partial charge is 0.131 e. The Kier molecular flexibility index (Phi) is 15.5. The summed E-state index contributed by atoms with van der Waals surface area (Å²) in [6, 6.07) is 0. The molecule has 0 aliphatic heterocycles. The molecule has 0 unspecified atom stereocenters. The fourth-order valence-electron chi connectivity index (χ4n) is 1.77. The zero-order chi connectivity index (χ0) is 12.8. The lowest BCUT2D eigenvalue weighted by molar-refractivity contribution is 0.563. The van der Waals surface area contributed by atoms with Crippen LogP contribution in [0.1, 0.15) is 71.1 Å². The van der Waals surface area contributed by atoms with Gasteiger partial charge >= 0.3 is 0 Å². The molecule has 0 saturated carbocycles. The van der Waals surface area contributed by atoms with Gasteiger partial charge in [0.15, 0.2) is 0 Å². The van der Waals surface area contributed by atoms with Gasteiger partial charge in [-0.05, 0) is 12.2 Å². The number of hydrogen-bond donors (Lipinski definition) is 1. The minimum absolute atomic E-state index is 0.654. The molecule has 0 spiro atoms. The molecule has 0 heterocycles. The zero-order valence-corrected chi connectivity index (χ0v) is 13.4. The highest BCUT2D eigenvalue weighted by Crippen LogP contribution is 2.17. The van der Waals surface area contributed by atoms with Crippen LogP contribution in [0.15, 0.2) is 0 Å². The van der Waals surface area contributed by atoms with Crippen LogP contribution in [-0.2, 0) is 0 Å². The molecule has 0 atom stereocenters. The molecule has 0 aliphatic rings. The first-order valence-electron chi connectivity index (χ1n) is 6.79. The van der Waals surface area contributed by atoms with E-state index < -0.39 is 0 Å². The zero-order valence-electron chi connectivity index (χ0n) is 11.0.